The molecule has 5 heteroatoms. The Morgan fingerprint density at radius 1 is 1.04 bits per heavy atom. The van der Waals surface area contributed by atoms with E-state index < -0.39 is 0 Å². The Hall–Kier alpha value is -2.95. The molecule has 4 aromatic rings. The van der Waals surface area contributed by atoms with Crippen molar-refractivity contribution in [3.05, 3.63) is 60.2 Å². The Labute approximate surface area is 146 Å². The van der Waals surface area contributed by atoms with Crippen LogP contribution in [0.25, 0.3) is 21.9 Å². The van der Waals surface area contributed by atoms with Gasteiger partial charge in [0.1, 0.15) is 18.0 Å². The summed E-state index contributed by atoms with van der Waals surface area (Å²) in [5, 5.41) is 4.52. The third kappa shape index (κ3) is 3.05. The molecule has 0 unspecified atom stereocenters. The molecule has 126 valence electrons. The summed E-state index contributed by atoms with van der Waals surface area (Å²) >= 11 is 0. The van der Waals surface area contributed by atoms with Gasteiger partial charge in [-0.25, -0.2) is 15.0 Å². The quantitative estimate of drug-likeness (QED) is 0.564. The van der Waals surface area contributed by atoms with Crippen LogP contribution >= 0.6 is 0 Å². The number of aryl methyl sites for hydroxylation is 3. The fraction of sp³-hybridized carbons (Fsp3) is 0.250. The number of fused-ring (bicyclic) bond motifs is 2. The van der Waals surface area contributed by atoms with Gasteiger partial charge in [-0.05, 0) is 37.6 Å². The van der Waals surface area contributed by atoms with E-state index in [-0.39, 0.29) is 0 Å². The minimum atomic E-state index is 0.850. The van der Waals surface area contributed by atoms with Gasteiger partial charge < -0.3 is 9.88 Å². The van der Waals surface area contributed by atoms with Gasteiger partial charge in [0.05, 0.1) is 16.6 Å². The van der Waals surface area contributed by atoms with Crippen LogP contribution in [0.3, 0.4) is 0 Å². The zero-order valence-corrected chi connectivity index (χ0v) is 14.5. The fourth-order valence-electron chi connectivity index (χ4n) is 3.18. The van der Waals surface area contributed by atoms with Gasteiger partial charge >= 0.3 is 0 Å². The molecule has 25 heavy (non-hydrogen) atoms. The van der Waals surface area contributed by atoms with Crippen LogP contribution in [-0.4, -0.2) is 26.1 Å². The fourth-order valence-corrected chi connectivity index (χ4v) is 3.18. The molecular weight excluding hydrogens is 310 g/mol. The zero-order chi connectivity index (χ0) is 17.2. The molecule has 5 nitrogen and oxygen atoms in total. The summed E-state index contributed by atoms with van der Waals surface area (Å²) in [6.07, 6.45) is 3.54. The average Bonchev–Trinajstić information content (AvgIpc) is 2.95. The highest BCUT2D eigenvalue weighted by atomic mass is 15.1. The van der Waals surface area contributed by atoms with Gasteiger partial charge in [-0.2, -0.15) is 0 Å². The molecule has 0 aliphatic heterocycles. The van der Waals surface area contributed by atoms with E-state index in [1.165, 1.54) is 11.1 Å². The van der Waals surface area contributed by atoms with E-state index in [9.17, 15) is 0 Å². The van der Waals surface area contributed by atoms with E-state index in [2.05, 4.69) is 64.2 Å². The first kappa shape index (κ1) is 15.6. The number of benzene rings is 2. The molecule has 0 saturated heterocycles. The second-order valence-electron chi connectivity index (χ2n) is 6.35. The number of aromatic nitrogens is 4. The molecular formula is C20H21N5. The summed E-state index contributed by atoms with van der Waals surface area (Å²) in [7, 11) is 2.08. The second-order valence-corrected chi connectivity index (χ2v) is 6.35. The molecule has 0 fully saturated rings. The van der Waals surface area contributed by atoms with Crippen LogP contribution in [0.15, 0.2) is 48.8 Å². The Balaban J connectivity index is 1.44. The molecule has 4 rings (SSSR count). The summed E-state index contributed by atoms with van der Waals surface area (Å²) in [5.41, 5.74) is 4.43. The van der Waals surface area contributed by atoms with Crippen LogP contribution in [-0.2, 0) is 13.5 Å². The molecule has 2 aromatic carbocycles. The lowest BCUT2D eigenvalue weighted by Gasteiger charge is -2.09. The summed E-state index contributed by atoms with van der Waals surface area (Å²) < 4.78 is 2.18. The predicted molar refractivity (Wildman–Crippen MR) is 102 cm³/mol. The third-order valence-corrected chi connectivity index (χ3v) is 4.54. The average molecular weight is 331 g/mol. The lowest BCUT2D eigenvalue weighted by Crippen LogP contribution is -2.07. The summed E-state index contributed by atoms with van der Waals surface area (Å²) in [4.78, 5) is 13.5. The van der Waals surface area contributed by atoms with E-state index >= 15 is 0 Å². The van der Waals surface area contributed by atoms with Crippen molar-refractivity contribution in [3.8, 4) is 0 Å². The SMILES string of the molecule is Cc1ccc2ncnc(NCCCc3nc4ccccc4n3C)c2c1. The first-order chi connectivity index (χ1) is 12.2. The molecule has 0 saturated carbocycles. The standard InChI is InChI=1S/C20H21N5/c1-14-9-10-16-15(12-14)20(23-13-22-16)21-11-5-8-19-24-17-6-3-4-7-18(17)25(19)2/h3-4,6-7,9-10,12-13H,5,8,11H2,1-2H3,(H,21,22,23). The number of para-hydroxylation sites is 2. The van der Waals surface area contributed by atoms with Crippen molar-refractivity contribution in [2.75, 3.05) is 11.9 Å². The lowest BCUT2D eigenvalue weighted by molar-refractivity contribution is 0.752. The molecule has 0 amide bonds. The van der Waals surface area contributed by atoms with Crippen molar-refractivity contribution in [1.29, 1.82) is 0 Å². The zero-order valence-electron chi connectivity index (χ0n) is 14.5. The molecule has 1 N–H and O–H groups in total. The number of imidazole rings is 1. The first-order valence-electron chi connectivity index (χ1n) is 8.58. The Kier molecular flexibility index (Phi) is 4.06. The van der Waals surface area contributed by atoms with Gasteiger partial charge in [0.15, 0.2) is 0 Å². The van der Waals surface area contributed by atoms with Gasteiger partial charge in [-0.3, -0.25) is 0 Å². The first-order valence-corrected chi connectivity index (χ1v) is 8.58. The number of nitrogens with one attached hydrogen (secondary N) is 1. The van der Waals surface area contributed by atoms with Crippen molar-refractivity contribution >= 4 is 27.8 Å². The largest absolute Gasteiger partial charge is 0.369 e. The van der Waals surface area contributed by atoms with E-state index in [4.69, 9.17) is 4.98 Å². The summed E-state index contributed by atoms with van der Waals surface area (Å²) in [5.74, 6) is 2.02. The van der Waals surface area contributed by atoms with Crippen molar-refractivity contribution in [2.45, 2.75) is 19.8 Å². The van der Waals surface area contributed by atoms with Crippen LogP contribution in [0.2, 0.25) is 0 Å². The van der Waals surface area contributed by atoms with Crippen LogP contribution < -0.4 is 5.32 Å². The van der Waals surface area contributed by atoms with E-state index in [0.717, 1.165) is 47.4 Å². The highest BCUT2D eigenvalue weighted by Crippen LogP contribution is 2.20. The van der Waals surface area contributed by atoms with Gasteiger partial charge in [-0.1, -0.05) is 23.8 Å². The molecule has 0 aliphatic carbocycles. The molecule has 2 aromatic heterocycles. The van der Waals surface area contributed by atoms with E-state index in [1.54, 1.807) is 6.33 Å². The monoisotopic (exact) mass is 331 g/mol. The van der Waals surface area contributed by atoms with Crippen LogP contribution in [0.4, 0.5) is 5.82 Å². The van der Waals surface area contributed by atoms with Crippen LogP contribution in [0.1, 0.15) is 17.8 Å². The van der Waals surface area contributed by atoms with Crippen LogP contribution in [0.5, 0.6) is 0 Å². The topological polar surface area (TPSA) is 55.6 Å². The lowest BCUT2D eigenvalue weighted by atomic mass is 10.1. The summed E-state index contributed by atoms with van der Waals surface area (Å²) in [6, 6.07) is 14.5. The predicted octanol–water partition coefficient (Wildman–Crippen LogP) is 3.87. The maximum Gasteiger partial charge on any atom is 0.137 e. The second kappa shape index (κ2) is 6.51. The maximum atomic E-state index is 4.73. The normalized spacial score (nSPS) is 11.3. The molecule has 0 radical (unpaired) electrons. The highest BCUT2D eigenvalue weighted by molar-refractivity contribution is 5.89. The molecule has 2 heterocycles. The van der Waals surface area contributed by atoms with Crippen molar-refractivity contribution in [1.82, 2.24) is 19.5 Å². The van der Waals surface area contributed by atoms with Crippen molar-refractivity contribution < 1.29 is 0 Å². The van der Waals surface area contributed by atoms with Gasteiger partial charge in [0, 0.05) is 25.4 Å². The number of nitrogens with zero attached hydrogens (tertiary/aromatic N) is 4. The van der Waals surface area contributed by atoms with E-state index in [1.807, 2.05) is 12.1 Å². The Bertz CT molecular complexity index is 1030. The maximum absolute atomic E-state index is 4.73. The highest BCUT2D eigenvalue weighted by Gasteiger charge is 2.07. The minimum absolute atomic E-state index is 0.850. The van der Waals surface area contributed by atoms with E-state index in [0.29, 0.717) is 0 Å². The van der Waals surface area contributed by atoms with Crippen LogP contribution in [0, 0.1) is 6.92 Å². The minimum Gasteiger partial charge on any atom is -0.369 e. The van der Waals surface area contributed by atoms with Crippen molar-refractivity contribution in [2.24, 2.45) is 7.05 Å². The molecule has 0 atom stereocenters. The van der Waals surface area contributed by atoms with Crippen molar-refractivity contribution in [3.63, 3.8) is 0 Å². The Morgan fingerprint density at radius 2 is 1.92 bits per heavy atom. The number of hydrogen-bond acceptors (Lipinski definition) is 4. The molecule has 0 aliphatic rings. The molecule has 0 bridgehead atoms. The summed E-state index contributed by atoms with van der Waals surface area (Å²) in [6.45, 7) is 2.94. The smallest absolute Gasteiger partial charge is 0.137 e. The third-order valence-electron chi connectivity index (χ3n) is 4.54. The number of rotatable bonds is 5. The number of hydrogen-bond donors (Lipinski definition) is 1. The van der Waals surface area contributed by atoms with Gasteiger partial charge in [-0.15, -0.1) is 0 Å². The molecule has 0 spiro atoms. The van der Waals surface area contributed by atoms with Gasteiger partial charge in [0.2, 0.25) is 0 Å². The van der Waals surface area contributed by atoms with Gasteiger partial charge in [0.25, 0.3) is 0 Å². The number of anilines is 1. The Morgan fingerprint density at radius 3 is 2.80 bits per heavy atom.